The topological polar surface area (TPSA) is 43.4 Å². The molecule has 0 amide bonds. The summed E-state index contributed by atoms with van der Waals surface area (Å²) in [6.45, 7) is 2.25. The van der Waals surface area contributed by atoms with Crippen LogP contribution in [0.1, 0.15) is 113 Å². The number of Topliss-reactive ketones (excluding diaryl/α,β-unsaturated/α-hetero) is 1. The van der Waals surface area contributed by atoms with Crippen molar-refractivity contribution in [1.29, 1.82) is 0 Å². The average Bonchev–Trinajstić information content (AvgIpc) is 2.91. The molecule has 36 heavy (non-hydrogen) atoms. The van der Waals surface area contributed by atoms with Crippen LogP contribution in [0, 0.1) is 11.8 Å². The second-order valence-electron chi connectivity index (χ2n) is 9.23. The minimum Gasteiger partial charge on any atom is -0.422 e. The number of ketones is 1. The van der Waals surface area contributed by atoms with E-state index >= 15 is 0 Å². The fraction of sp³-hybridized carbons (Fsp3) is 0.455. The summed E-state index contributed by atoms with van der Waals surface area (Å²) in [5.41, 5.74) is 1.32. The molecule has 3 nitrogen and oxygen atoms in total. The highest BCUT2D eigenvalue weighted by Gasteiger charge is 2.17. The normalized spacial score (nSPS) is 11.0. The van der Waals surface area contributed by atoms with Gasteiger partial charge in [-0.05, 0) is 30.9 Å². The predicted octanol–water partition coefficient (Wildman–Crippen LogP) is 8.94. The second-order valence-corrected chi connectivity index (χ2v) is 9.23. The Morgan fingerprint density at radius 1 is 0.694 bits per heavy atom. The smallest absolute Gasteiger partial charge is 0.311 e. The number of unbranched alkanes of at least 4 members (excludes halogenated alkanes) is 11. The standard InChI is InChI=1S/C33H42O3/c1-2-3-4-5-6-7-8-9-10-11-12-13-14-15-22-27-32(34)36-31(28-29-23-18-16-19-24-29)33(35)30-25-20-17-21-26-30/h16-21,23-26,28H,2-8,11-15,22,27H2,1H3/b31-28-. The fourth-order valence-electron chi connectivity index (χ4n) is 3.93. The van der Waals surface area contributed by atoms with Gasteiger partial charge in [0, 0.05) is 24.8 Å². The predicted molar refractivity (Wildman–Crippen MR) is 149 cm³/mol. The molecule has 0 atom stereocenters. The zero-order chi connectivity index (χ0) is 25.7. The number of carbonyl (C=O) groups excluding carboxylic acids is 2. The van der Waals surface area contributed by atoms with Crippen LogP contribution in [0.25, 0.3) is 6.08 Å². The van der Waals surface area contributed by atoms with Gasteiger partial charge in [-0.25, -0.2) is 0 Å². The molecule has 192 valence electrons. The molecule has 0 aliphatic carbocycles. The molecule has 2 rings (SSSR count). The van der Waals surface area contributed by atoms with Crippen LogP contribution in [0.15, 0.2) is 66.4 Å². The second kappa shape index (κ2) is 19.1. The molecule has 2 aromatic rings. The largest absolute Gasteiger partial charge is 0.422 e. The van der Waals surface area contributed by atoms with Crippen molar-refractivity contribution in [3.05, 3.63) is 77.5 Å². The number of rotatable bonds is 17. The maximum absolute atomic E-state index is 12.9. The monoisotopic (exact) mass is 486 g/mol. The van der Waals surface area contributed by atoms with E-state index in [0.717, 1.165) is 50.5 Å². The maximum Gasteiger partial charge on any atom is 0.311 e. The molecule has 0 saturated carbocycles. The Morgan fingerprint density at radius 2 is 1.22 bits per heavy atom. The third kappa shape index (κ3) is 13.1. The maximum atomic E-state index is 12.9. The summed E-state index contributed by atoms with van der Waals surface area (Å²) in [4.78, 5) is 25.4. The van der Waals surface area contributed by atoms with Gasteiger partial charge < -0.3 is 4.74 Å². The molecule has 0 aromatic heterocycles. The summed E-state index contributed by atoms with van der Waals surface area (Å²) in [5.74, 6) is 6.03. The molecule has 0 spiro atoms. The molecule has 0 saturated heterocycles. The Bertz CT molecular complexity index is 964. The lowest BCUT2D eigenvalue weighted by Crippen LogP contribution is -2.12. The summed E-state index contributed by atoms with van der Waals surface area (Å²) >= 11 is 0. The van der Waals surface area contributed by atoms with E-state index in [4.69, 9.17) is 4.74 Å². The molecular formula is C33H42O3. The lowest BCUT2D eigenvalue weighted by Gasteiger charge is -2.09. The van der Waals surface area contributed by atoms with Gasteiger partial charge in [0.15, 0.2) is 5.76 Å². The Balaban J connectivity index is 1.64. The molecule has 0 unspecified atom stereocenters. The van der Waals surface area contributed by atoms with Gasteiger partial charge in [-0.3, -0.25) is 9.59 Å². The Morgan fingerprint density at radius 3 is 1.83 bits per heavy atom. The zero-order valence-electron chi connectivity index (χ0n) is 22.0. The molecule has 0 N–H and O–H groups in total. The molecule has 0 aliphatic heterocycles. The summed E-state index contributed by atoms with van der Waals surface area (Å²) in [7, 11) is 0. The van der Waals surface area contributed by atoms with Crippen molar-refractivity contribution in [3.63, 3.8) is 0 Å². The van der Waals surface area contributed by atoms with Crippen LogP contribution < -0.4 is 0 Å². The molecule has 3 heteroatoms. The van der Waals surface area contributed by atoms with E-state index in [1.54, 1.807) is 30.3 Å². The number of benzene rings is 2. The highest BCUT2D eigenvalue weighted by molar-refractivity contribution is 6.10. The van der Waals surface area contributed by atoms with Gasteiger partial charge in [-0.1, -0.05) is 119 Å². The van der Waals surface area contributed by atoms with Gasteiger partial charge in [-0.15, -0.1) is 11.8 Å². The van der Waals surface area contributed by atoms with E-state index in [2.05, 4.69) is 18.8 Å². The first-order valence-corrected chi connectivity index (χ1v) is 13.7. The summed E-state index contributed by atoms with van der Waals surface area (Å²) in [6, 6.07) is 18.4. The van der Waals surface area contributed by atoms with Crippen molar-refractivity contribution in [2.75, 3.05) is 0 Å². The van der Waals surface area contributed by atoms with Gasteiger partial charge in [0.05, 0.1) is 0 Å². The quantitative estimate of drug-likeness (QED) is 0.0560. The van der Waals surface area contributed by atoms with Crippen LogP contribution in [0.5, 0.6) is 0 Å². The molecular weight excluding hydrogens is 444 g/mol. The molecule has 0 fully saturated rings. The van der Waals surface area contributed by atoms with Crippen molar-refractivity contribution < 1.29 is 14.3 Å². The van der Waals surface area contributed by atoms with Crippen LogP contribution in [-0.4, -0.2) is 11.8 Å². The fourth-order valence-corrected chi connectivity index (χ4v) is 3.93. The lowest BCUT2D eigenvalue weighted by molar-refractivity contribution is -0.139. The van der Waals surface area contributed by atoms with Gasteiger partial charge in [-0.2, -0.15) is 0 Å². The number of esters is 1. The van der Waals surface area contributed by atoms with Crippen LogP contribution in [0.4, 0.5) is 0 Å². The minimum absolute atomic E-state index is 0.0666. The molecule has 0 radical (unpaired) electrons. The van der Waals surface area contributed by atoms with E-state index < -0.39 is 0 Å². The first-order valence-electron chi connectivity index (χ1n) is 13.7. The zero-order valence-corrected chi connectivity index (χ0v) is 22.0. The van der Waals surface area contributed by atoms with Crippen molar-refractivity contribution in [1.82, 2.24) is 0 Å². The Kier molecular flexibility index (Phi) is 15.5. The van der Waals surface area contributed by atoms with Crippen molar-refractivity contribution >= 4 is 17.8 Å². The van der Waals surface area contributed by atoms with Crippen molar-refractivity contribution in [3.8, 4) is 11.8 Å². The Hall–Kier alpha value is -3.12. The van der Waals surface area contributed by atoms with E-state index in [1.165, 1.54) is 38.5 Å². The van der Waals surface area contributed by atoms with Gasteiger partial charge in [0.2, 0.25) is 5.78 Å². The lowest BCUT2D eigenvalue weighted by atomic mass is 10.1. The number of hydrogen-bond donors (Lipinski definition) is 0. The summed E-state index contributed by atoms with van der Waals surface area (Å²) in [5, 5.41) is 0. The van der Waals surface area contributed by atoms with Crippen LogP contribution >= 0.6 is 0 Å². The highest BCUT2D eigenvalue weighted by Crippen LogP contribution is 2.16. The summed E-state index contributed by atoms with van der Waals surface area (Å²) < 4.78 is 5.54. The SMILES string of the molecule is CCCCCCCCC#CCCCCCCCC(=O)O/C(=C\c1ccccc1)C(=O)c1ccccc1. The minimum atomic E-state index is -0.359. The van der Waals surface area contributed by atoms with E-state index in [1.807, 2.05) is 36.4 Å². The highest BCUT2D eigenvalue weighted by atomic mass is 16.5. The third-order valence-electron chi connectivity index (χ3n) is 6.04. The summed E-state index contributed by atoms with van der Waals surface area (Å²) in [6.07, 6.45) is 16.9. The van der Waals surface area contributed by atoms with Gasteiger partial charge in [0.1, 0.15) is 0 Å². The van der Waals surface area contributed by atoms with Crippen LogP contribution in [0.2, 0.25) is 0 Å². The first kappa shape index (κ1) is 29.1. The number of allylic oxidation sites excluding steroid dienone is 1. The van der Waals surface area contributed by atoms with E-state index in [0.29, 0.717) is 12.0 Å². The van der Waals surface area contributed by atoms with E-state index in [-0.39, 0.29) is 17.5 Å². The van der Waals surface area contributed by atoms with Crippen LogP contribution in [0.3, 0.4) is 0 Å². The number of ether oxygens (including phenoxy) is 1. The van der Waals surface area contributed by atoms with Gasteiger partial charge in [0.25, 0.3) is 0 Å². The van der Waals surface area contributed by atoms with Crippen molar-refractivity contribution in [2.24, 2.45) is 0 Å². The molecule has 0 bridgehead atoms. The van der Waals surface area contributed by atoms with E-state index in [9.17, 15) is 9.59 Å². The number of carbonyl (C=O) groups is 2. The first-order chi connectivity index (χ1) is 17.7. The Labute approximate surface area is 218 Å². The van der Waals surface area contributed by atoms with Gasteiger partial charge >= 0.3 is 5.97 Å². The molecule has 2 aromatic carbocycles. The average molecular weight is 487 g/mol. The molecule has 0 aliphatic rings. The third-order valence-corrected chi connectivity index (χ3v) is 6.04. The van der Waals surface area contributed by atoms with Crippen molar-refractivity contribution in [2.45, 2.75) is 96.8 Å². The van der Waals surface area contributed by atoms with Crippen LogP contribution in [-0.2, 0) is 9.53 Å². The number of hydrogen-bond acceptors (Lipinski definition) is 3. The molecule has 0 heterocycles.